The Bertz CT molecular complexity index is 263. The van der Waals surface area contributed by atoms with Crippen LogP contribution in [-0.4, -0.2) is 36.0 Å². The van der Waals surface area contributed by atoms with Gasteiger partial charge in [0.05, 0.1) is 0 Å². The Morgan fingerprint density at radius 3 is 2.50 bits per heavy atom. The van der Waals surface area contributed by atoms with Crippen molar-refractivity contribution in [3.8, 4) is 0 Å². The van der Waals surface area contributed by atoms with Crippen LogP contribution in [0.15, 0.2) is 0 Å². The maximum absolute atomic E-state index is 12.2. The number of hydrogen-bond donors (Lipinski definition) is 1. The zero-order valence-electron chi connectivity index (χ0n) is 12.7. The summed E-state index contributed by atoms with van der Waals surface area (Å²) in [6.07, 6.45) is 2.79. The lowest BCUT2D eigenvalue weighted by Crippen LogP contribution is -2.60. The molecular formula is C15H30N2O. The number of rotatable bonds is 5. The topological polar surface area (TPSA) is 32.3 Å². The summed E-state index contributed by atoms with van der Waals surface area (Å²) < 4.78 is 0. The van der Waals surface area contributed by atoms with Gasteiger partial charge in [0, 0.05) is 31.6 Å². The maximum atomic E-state index is 12.2. The standard InChI is InChI=1S/C15H30N2O/c1-6-7-15(18)17-10-13(8-11(2)3)16-9-14(17)12(4)5/h11-14,16H,6-10H2,1-5H3. The molecule has 0 aromatic carbocycles. The molecule has 1 aliphatic heterocycles. The molecule has 106 valence electrons. The highest BCUT2D eigenvalue weighted by Crippen LogP contribution is 2.19. The maximum Gasteiger partial charge on any atom is 0.222 e. The molecule has 1 heterocycles. The average Bonchev–Trinajstić information content (AvgIpc) is 2.28. The second-order valence-electron chi connectivity index (χ2n) is 6.34. The van der Waals surface area contributed by atoms with Gasteiger partial charge in [-0.15, -0.1) is 0 Å². The van der Waals surface area contributed by atoms with Crippen molar-refractivity contribution < 1.29 is 4.79 Å². The number of nitrogens with one attached hydrogen (secondary N) is 1. The first-order chi connectivity index (χ1) is 8.45. The number of carbonyl (C=O) groups excluding carboxylic acids is 1. The van der Waals surface area contributed by atoms with Gasteiger partial charge in [-0.3, -0.25) is 4.79 Å². The largest absolute Gasteiger partial charge is 0.337 e. The summed E-state index contributed by atoms with van der Waals surface area (Å²) in [6.45, 7) is 12.8. The van der Waals surface area contributed by atoms with E-state index in [-0.39, 0.29) is 0 Å². The lowest BCUT2D eigenvalue weighted by atomic mass is 9.94. The third-order valence-electron chi connectivity index (χ3n) is 3.74. The van der Waals surface area contributed by atoms with Crippen molar-refractivity contribution in [1.29, 1.82) is 0 Å². The van der Waals surface area contributed by atoms with Crippen LogP contribution in [0, 0.1) is 11.8 Å². The van der Waals surface area contributed by atoms with E-state index in [1.165, 1.54) is 0 Å². The first-order valence-electron chi connectivity index (χ1n) is 7.48. The van der Waals surface area contributed by atoms with Crippen LogP contribution in [0.25, 0.3) is 0 Å². The normalized spacial score (nSPS) is 24.9. The molecule has 0 saturated carbocycles. The molecule has 0 aromatic heterocycles. The number of nitrogens with zero attached hydrogens (tertiary/aromatic N) is 1. The molecular weight excluding hydrogens is 224 g/mol. The number of amides is 1. The first-order valence-corrected chi connectivity index (χ1v) is 7.48. The number of hydrogen-bond acceptors (Lipinski definition) is 2. The summed E-state index contributed by atoms with van der Waals surface area (Å²) in [7, 11) is 0. The average molecular weight is 254 g/mol. The highest BCUT2D eigenvalue weighted by atomic mass is 16.2. The summed E-state index contributed by atoms with van der Waals surface area (Å²) >= 11 is 0. The van der Waals surface area contributed by atoms with Crippen LogP contribution in [0.5, 0.6) is 0 Å². The molecule has 0 radical (unpaired) electrons. The summed E-state index contributed by atoms with van der Waals surface area (Å²) in [5.74, 6) is 1.55. The monoisotopic (exact) mass is 254 g/mol. The molecule has 3 heteroatoms. The van der Waals surface area contributed by atoms with Gasteiger partial charge in [-0.05, 0) is 24.7 Å². The van der Waals surface area contributed by atoms with Crippen LogP contribution in [0.3, 0.4) is 0 Å². The van der Waals surface area contributed by atoms with Crippen molar-refractivity contribution in [3.05, 3.63) is 0 Å². The number of piperazine rings is 1. The number of carbonyl (C=O) groups is 1. The van der Waals surface area contributed by atoms with E-state index in [2.05, 4.69) is 44.8 Å². The molecule has 1 saturated heterocycles. The van der Waals surface area contributed by atoms with Crippen molar-refractivity contribution in [2.75, 3.05) is 13.1 Å². The molecule has 1 aliphatic rings. The van der Waals surface area contributed by atoms with Crippen LogP contribution >= 0.6 is 0 Å². The molecule has 2 atom stereocenters. The minimum absolute atomic E-state index is 0.339. The molecule has 1 rings (SSSR count). The van der Waals surface area contributed by atoms with E-state index in [4.69, 9.17) is 0 Å². The van der Waals surface area contributed by atoms with Crippen LogP contribution in [0.1, 0.15) is 53.9 Å². The lowest BCUT2D eigenvalue weighted by Gasteiger charge is -2.43. The highest BCUT2D eigenvalue weighted by molar-refractivity contribution is 5.76. The minimum atomic E-state index is 0.339. The minimum Gasteiger partial charge on any atom is -0.337 e. The van der Waals surface area contributed by atoms with E-state index in [0.29, 0.717) is 36.2 Å². The molecule has 1 N–H and O–H groups in total. The quantitative estimate of drug-likeness (QED) is 0.818. The van der Waals surface area contributed by atoms with E-state index < -0.39 is 0 Å². The summed E-state index contributed by atoms with van der Waals surface area (Å²) in [5, 5.41) is 3.61. The van der Waals surface area contributed by atoms with Crippen LogP contribution in [-0.2, 0) is 4.79 Å². The fraction of sp³-hybridized carbons (Fsp3) is 0.933. The molecule has 1 fully saturated rings. The van der Waals surface area contributed by atoms with Crippen LogP contribution < -0.4 is 5.32 Å². The van der Waals surface area contributed by atoms with E-state index >= 15 is 0 Å². The van der Waals surface area contributed by atoms with Gasteiger partial charge < -0.3 is 10.2 Å². The van der Waals surface area contributed by atoms with E-state index in [9.17, 15) is 4.79 Å². The Balaban J connectivity index is 2.67. The van der Waals surface area contributed by atoms with Gasteiger partial charge in [0.2, 0.25) is 5.91 Å². The summed E-state index contributed by atoms with van der Waals surface area (Å²) in [4.78, 5) is 14.4. The predicted molar refractivity (Wildman–Crippen MR) is 76.5 cm³/mol. The molecule has 2 unspecified atom stereocenters. The van der Waals surface area contributed by atoms with Gasteiger partial charge in [0.25, 0.3) is 0 Å². The zero-order valence-corrected chi connectivity index (χ0v) is 12.7. The Morgan fingerprint density at radius 1 is 1.33 bits per heavy atom. The second kappa shape index (κ2) is 7.13. The van der Waals surface area contributed by atoms with Crippen molar-refractivity contribution in [2.45, 2.75) is 66.0 Å². The Kier molecular flexibility index (Phi) is 6.13. The SMILES string of the molecule is CCCC(=O)N1CC(CC(C)C)NCC1C(C)C. The van der Waals surface area contributed by atoms with Crippen molar-refractivity contribution in [1.82, 2.24) is 10.2 Å². The van der Waals surface area contributed by atoms with E-state index in [0.717, 1.165) is 25.9 Å². The van der Waals surface area contributed by atoms with Crippen LogP contribution in [0.4, 0.5) is 0 Å². The zero-order chi connectivity index (χ0) is 13.7. The molecule has 0 bridgehead atoms. The fourth-order valence-electron chi connectivity index (χ4n) is 2.80. The molecule has 0 aromatic rings. The third-order valence-corrected chi connectivity index (χ3v) is 3.74. The van der Waals surface area contributed by atoms with Gasteiger partial charge in [-0.1, -0.05) is 34.6 Å². The van der Waals surface area contributed by atoms with E-state index in [1.807, 2.05) is 0 Å². The van der Waals surface area contributed by atoms with Gasteiger partial charge in [0.1, 0.15) is 0 Å². The fourth-order valence-corrected chi connectivity index (χ4v) is 2.80. The van der Waals surface area contributed by atoms with Crippen molar-refractivity contribution >= 4 is 5.91 Å². The highest BCUT2D eigenvalue weighted by Gasteiger charge is 2.32. The smallest absolute Gasteiger partial charge is 0.222 e. The molecule has 0 aliphatic carbocycles. The Hall–Kier alpha value is -0.570. The molecule has 0 spiro atoms. The van der Waals surface area contributed by atoms with Crippen molar-refractivity contribution in [2.24, 2.45) is 11.8 Å². The molecule has 3 nitrogen and oxygen atoms in total. The van der Waals surface area contributed by atoms with Gasteiger partial charge in [0.15, 0.2) is 0 Å². The summed E-state index contributed by atoms with van der Waals surface area (Å²) in [5.41, 5.74) is 0. The first kappa shape index (κ1) is 15.5. The van der Waals surface area contributed by atoms with Crippen molar-refractivity contribution in [3.63, 3.8) is 0 Å². The Morgan fingerprint density at radius 2 is 2.00 bits per heavy atom. The third kappa shape index (κ3) is 4.27. The lowest BCUT2D eigenvalue weighted by molar-refractivity contribution is -0.136. The second-order valence-corrected chi connectivity index (χ2v) is 6.34. The molecule has 1 amide bonds. The van der Waals surface area contributed by atoms with Gasteiger partial charge in [-0.25, -0.2) is 0 Å². The van der Waals surface area contributed by atoms with E-state index in [1.54, 1.807) is 0 Å². The molecule has 18 heavy (non-hydrogen) atoms. The van der Waals surface area contributed by atoms with Crippen LogP contribution in [0.2, 0.25) is 0 Å². The Labute approximate surface area is 112 Å². The predicted octanol–water partition coefficient (Wildman–Crippen LogP) is 2.66. The van der Waals surface area contributed by atoms with Gasteiger partial charge in [-0.2, -0.15) is 0 Å². The summed E-state index contributed by atoms with van der Waals surface area (Å²) in [6, 6.07) is 0.841. The van der Waals surface area contributed by atoms with Gasteiger partial charge >= 0.3 is 0 Å².